The third-order valence-corrected chi connectivity index (χ3v) is 4.61. The molecule has 0 radical (unpaired) electrons. The Hall–Kier alpha value is -0.490. The van der Waals surface area contributed by atoms with E-state index in [1.807, 2.05) is 12.1 Å². The second-order valence-electron chi connectivity index (χ2n) is 3.85. The predicted molar refractivity (Wildman–Crippen MR) is 73.9 cm³/mol. The zero-order chi connectivity index (χ0) is 12.3. The fourth-order valence-electron chi connectivity index (χ4n) is 1.68. The minimum Gasteiger partial charge on any atom is -0.323 e. The van der Waals surface area contributed by atoms with Gasteiger partial charge in [0.15, 0.2) is 0 Å². The summed E-state index contributed by atoms with van der Waals surface area (Å²) < 4.78 is 4.81. The molecule has 0 aliphatic rings. The lowest BCUT2D eigenvalue weighted by Gasteiger charge is -2.08. The van der Waals surface area contributed by atoms with E-state index in [-0.39, 0.29) is 6.04 Å². The van der Waals surface area contributed by atoms with Crippen LogP contribution >= 0.6 is 34.5 Å². The van der Waals surface area contributed by atoms with E-state index in [0.29, 0.717) is 0 Å². The summed E-state index contributed by atoms with van der Waals surface area (Å²) in [7, 11) is 0. The molecule has 0 spiro atoms. The molecule has 1 unspecified atom stereocenters. The highest BCUT2D eigenvalue weighted by atomic mass is 35.5. The summed E-state index contributed by atoms with van der Waals surface area (Å²) in [5, 5.41) is 4.14. The van der Waals surface area contributed by atoms with Gasteiger partial charge in [-0.25, -0.2) is 0 Å². The van der Waals surface area contributed by atoms with Crippen molar-refractivity contribution in [3.63, 3.8) is 0 Å². The maximum atomic E-state index is 6.21. The summed E-state index contributed by atoms with van der Waals surface area (Å²) in [4.78, 5) is 2.31. The molecule has 2 N–H and O–H groups in total. The van der Waals surface area contributed by atoms with Crippen LogP contribution in [-0.4, -0.2) is 9.59 Å². The Morgan fingerprint density at radius 2 is 2.29 bits per heavy atom. The van der Waals surface area contributed by atoms with Crippen LogP contribution in [0.1, 0.15) is 34.8 Å². The lowest BCUT2D eigenvalue weighted by Crippen LogP contribution is -2.13. The quantitative estimate of drug-likeness (QED) is 0.916. The minimum absolute atomic E-state index is 0.0220. The SMILES string of the molecule is CCCc1nnsc1C(N)Cc1ccc(Cl)s1. The molecule has 0 aromatic carbocycles. The summed E-state index contributed by atoms with van der Waals surface area (Å²) in [5.74, 6) is 0. The van der Waals surface area contributed by atoms with Gasteiger partial charge in [-0.2, -0.15) is 0 Å². The molecular formula is C11H14ClN3S2. The van der Waals surface area contributed by atoms with Crippen molar-refractivity contribution in [1.29, 1.82) is 0 Å². The number of hydrogen-bond acceptors (Lipinski definition) is 5. The number of rotatable bonds is 5. The highest BCUT2D eigenvalue weighted by Gasteiger charge is 2.16. The molecule has 0 bridgehead atoms. The molecule has 0 amide bonds. The number of nitrogens with zero attached hydrogens (tertiary/aromatic N) is 2. The Morgan fingerprint density at radius 3 is 2.94 bits per heavy atom. The number of thiophene rings is 1. The lowest BCUT2D eigenvalue weighted by atomic mass is 10.1. The number of aryl methyl sites for hydroxylation is 1. The summed E-state index contributed by atoms with van der Waals surface area (Å²) in [6, 6.07) is 3.92. The van der Waals surface area contributed by atoms with Crippen molar-refractivity contribution in [2.24, 2.45) is 5.73 Å². The fraction of sp³-hybridized carbons (Fsp3) is 0.455. The van der Waals surface area contributed by atoms with E-state index in [0.717, 1.165) is 34.2 Å². The van der Waals surface area contributed by atoms with Gasteiger partial charge in [0.05, 0.1) is 14.9 Å². The molecule has 0 saturated heterocycles. The largest absolute Gasteiger partial charge is 0.323 e. The third-order valence-electron chi connectivity index (χ3n) is 2.46. The van der Waals surface area contributed by atoms with Crippen molar-refractivity contribution >= 4 is 34.5 Å². The van der Waals surface area contributed by atoms with Crippen LogP contribution in [0.3, 0.4) is 0 Å². The van der Waals surface area contributed by atoms with Crippen LogP contribution < -0.4 is 5.73 Å². The number of halogens is 1. The Balaban J connectivity index is 2.08. The highest BCUT2D eigenvalue weighted by molar-refractivity contribution is 7.16. The first-order valence-electron chi connectivity index (χ1n) is 5.51. The van der Waals surface area contributed by atoms with Crippen molar-refractivity contribution in [3.05, 3.63) is 31.9 Å². The van der Waals surface area contributed by atoms with Crippen LogP contribution in [0.5, 0.6) is 0 Å². The maximum absolute atomic E-state index is 6.21. The molecule has 0 aliphatic heterocycles. The van der Waals surface area contributed by atoms with Crippen LogP contribution in [-0.2, 0) is 12.8 Å². The number of nitrogens with two attached hydrogens (primary N) is 1. The maximum Gasteiger partial charge on any atom is 0.0931 e. The van der Waals surface area contributed by atoms with Gasteiger partial charge in [0, 0.05) is 17.3 Å². The summed E-state index contributed by atoms with van der Waals surface area (Å²) in [5.41, 5.74) is 7.25. The standard InChI is InChI=1S/C11H14ClN3S2/c1-2-3-9-11(17-15-14-9)8(13)6-7-4-5-10(12)16-7/h4-5,8H,2-3,6,13H2,1H3. The average Bonchev–Trinajstić information content (AvgIpc) is 2.88. The van der Waals surface area contributed by atoms with Crippen molar-refractivity contribution in [3.8, 4) is 0 Å². The van der Waals surface area contributed by atoms with Gasteiger partial charge in [-0.1, -0.05) is 29.4 Å². The molecule has 3 nitrogen and oxygen atoms in total. The van der Waals surface area contributed by atoms with Crippen LogP contribution in [0.4, 0.5) is 0 Å². The van der Waals surface area contributed by atoms with Gasteiger partial charge in [-0.05, 0) is 30.1 Å². The molecule has 2 aromatic heterocycles. The Morgan fingerprint density at radius 1 is 1.47 bits per heavy atom. The van der Waals surface area contributed by atoms with Crippen molar-refractivity contribution < 1.29 is 0 Å². The fourth-order valence-corrected chi connectivity index (χ4v) is 3.52. The first-order valence-corrected chi connectivity index (χ1v) is 7.48. The third kappa shape index (κ3) is 3.25. The van der Waals surface area contributed by atoms with Gasteiger partial charge in [0.1, 0.15) is 0 Å². The predicted octanol–water partition coefficient (Wildman–Crippen LogP) is 3.45. The first kappa shape index (κ1) is 13.0. The van der Waals surface area contributed by atoms with Crippen LogP contribution in [0.25, 0.3) is 0 Å². The van der Waals surface area contributed by atoms with Crippen LogP contribution in [0, 0.1) is 0 Å². The molecule has 17 heavy (non-hydrogen) atoms. The second kappa shape index (κ2) is 5.91. The van der Waals surface area contributed by atoms with Gasteiger partial charge in [0.25, 0.3) is 0 Å². The van der Waals surface area contributed by atoms with Gasteiger partial charge >= 0.3 is 0 Å². The van der Waals surface area contributed by atoms with E-state index in [9.17, 15) is 0 Å². The van der Waals surface area contributed by atoms with Gasteiger partial charge in [-0.15, -0.1) is 16.4 Å². The lowest BCUT2D eigenvalue weighted by molar-refractivity contribution is 0.722. The Kier molecular flexibility index (Phi) is 4.50. The molecular weight excluding hydrogens is 274 g/mol. The molecule has 0 saturated carbocycles. The monoisotopic (exact) mass is 287 g/mol. The van der Waals surface area contributed by atoms with E-state index in [1.165, 1.54) is 16.4 Å². The second-order valence-corrected chi connectivity index (χ2v) is 6.44. The molecule has 92 valence electrons. The van der Waals surface area contributed by atoms with E-state index in [1.54, 1.807) is 11.3 Å². The van der Waals surface area contributed by atoms with Gasteiger partial charge in [-0.3, -0.25) is 0 Å². The van der Waals surface area contributed by atoms with Crippen molar-refractivity contribution in [2.45, 2.75) is 32.2 Å². The molecule has 2 aromatic rings. The van der Waals surface area contributed by atoms with Gasteiger partial charge in [0.2, 0.25) is 0 Å². The zero-order valence-corrected chi connectivity index (χ0v) is 11.9. The summed E-state index contributed by atoms with van der Waals surface area (Å²) in [6.45, 7) is 2.13. The molecule has 0 fully saturated rings. The van der Waals surface area contributed by atoms with E-state index >= 15 is 0 Å². The first-order chi connectivity index (χ1) is 8.20. The van der Waals surface area contributed by atoms with Crippen molar-refractivity contribution in [1.82, 2.24) is 9.59 Å². The molecule has 2 heterocycles. The van der Waals surface area contributed by atoms with Gasteiger partial charge < -0.3 is 5.73 Å². The van der Waals surface area contributed by atoms with Crippen LogP contribution in [0.15, 0.2) is 12.1 Å². The Labute approximate surface area is 114 Å². The summed E-state index contributed by atoms with van der Waals surface area (Å²) >= 11 is 8.90. The average molecular weight is 288 g/mol. The molecule has 6 heteroatoms. The van der Waals surface area contributed by atoms with E-state index in [4.69, 9.17) is 17.3 Å². The van der Waals surface area contributed by atoms with Crippen LogP contribution in [0.2, 0.25) is 4.34 Å². The zero-order valence-electron chi connectivity index (χ0n) is 9.52. The van der Waals surface area contributed by atoms with E-state index < -0.39 is 0 Å². The number of hydrogen-bond donors (Lipinski definition) is 1. The van der Waals surface area contributed by atoms with Crippen molar-refractivity contribution in [2.75, 3.05) is 0 Å². The Bertz CT molecular complexity index is 481. The molecule has 2 rings (SSSR count). The molecule has 1 atom stereocenters. The highest BCUT2D eigenvalue weighted by Crippen LogP contribution is 2.28. The minimum atomic E-state index is -0.0220. The topological polar surface area (TPSA) is 51.8 Å². The smallest absolute Gasteiger partial charge is 0.0931 e. The van der Waals surface area contributed by atoms with E-state index in [2.05, 4.69) is 16.5 Å². The number of aromatic nitrogens is 2. The summed E-state index contributed by atoms with van der Waals surface area (Å²) in [6.07, 6.45) is 2.82. The molecule has 0 aliphatic carbocycles. The normalized spacial score (nSPS) is 12.9.